The number of nitrogens with zero attached hydrogens (tertiary/aromatic N) is 1. The number of thiazole rings is 1. The molecule has 1 fully saturated rings. The molecule has 1 saturated heterocycles. The third-order valence-corrected chi connectivity index (χ3v) is 5.13. The molecule has 3 aromatic rings. The molecule has 0 radical (unpaired) electrons. The van der Waals surface area contributed by atoms with Crippen LogP contribution in [0.3, 0.4) is 0 Å². The van der Waals surface area contributed by atoms with E-state index >= 15 is 0 Å². The van der Waals surface area contributed by atoms with Gasteiger partial charge >= 0.3 is 0 Å². The van der Waals surface area contributed by atoms with Gasteiger partial charge in [0.15, 0.2) is 0 Å². The Morgan fingerprint density at radius 3 is 2.96 bits per heavy atom. The monoisotopic (exact) mass is 326 g/mol. The minimum atomic E-state index is 0.00728. The molecule has 5 nitrogen and oxygen atoms in total. The third kappa shape index (κ3) is 2.87. The Labute approximate surface area is 138 Å². The van der Waals surface area contributed by atoms with Crippen LogP contribution >= 0.6 is 11.3 Å². The number of amides is 1. The Hall–Kier alpha value is -2.18. The summed E-state index contributed by atoms with van der Waals surface area (Å²) in [7, 11) is 0. The Bertz CT molecular complexity index is 818. The van der Waals surface area contributed by atoms with Crippen molar-refractivity contribution in [3.63, 3.8) is 0 Å². The number of fused-ring (bicyclic) bond motifs is 1. The fourth-order valence-electron chi connectivity index (χ4n) is 3.08. The highest BCUT2D eigenvalue weighted by Crippen LogP contribution is 2.29. The van der Waals surface area contributed by atoms with Gasteiger partial charge in [-0.1, -0.05) is 0 Å². The SMILES string of the molecule is O=C(NC1CCNCC1)c1cc(-c2cncs2)cc2[nH]ccc12. The lowest BCUT2D eigenvalue weighted by atomic mass is 10.0. The Morgan fingerprint density at radius 2 is 2.17 bits per heavy atom. The normalized spacial score (nSPS) is 15.8. The van der Waals surface area contributed by atoms with Gasteiger partial charge in [-0.15, -0.1) is 11.3 Å². The highest BCUT2D eigenvalue weighted by atomic mass is 32.1. The van der Waals surface area contributed by atoms with Crippen molar-refractivity contribution in [1.82, 2.24) is 20.6 Å². The van der Waals surface area contributed by atoms with E-state index in [2.05, 4.69) is 26.7 Å². The van der Waals surface area contributed by atoms with E-state index in [1.54, 1.807) is 11.3 Å². The molecule has 4 rings (SSSR count). The van der Waals surface area contributed by atoms with E-state index < -0.39 is 0 Å². The van der Waals surface area contributed by atoms with Gasteiger partial charge in [0.05, 0.1) is 10.4 Å². The summed E-state index contributed by atoms with van der Waals surface area (Å²) in [6.07, 6.45) is 5.68. The Balaban J connectivity index is 1.69. The summed E-state index contributed by atoms with van der Waals surface area (Å²) in [6.45, 7) is 1.93. The lowest BCUT2D eigenvalue weighted by Crippen LogP contribution is -2.42. The number of piperidine rings is 1. The van der Waals surface area contributed by atoms with Crippen molar-refractivity contribution in [3.8, 4) is 10.4 Å². The van der Waals surface area contributed by atoms with E-state index in [0.717, 1.165) is 52.8 Å². The van der Waals surface area contributed by atoms with E-state index in [4.69, 9.17) is 0 Å². The van der Waals surface area contributed by atoms with E-state index in [9.17, 15) is 4.79 Å². The average Bonchev–Trinajstić information content (AvgIpc) is 3.26. The van der Waals surface area contributed by atoms with Crippen LogP contribution in [-0.4, -0.2) is 35.0 Å². The van der Waals surface area contributed by atoms with Crippen LogP contribution in [0.25, 0.3) is 21.3 Å². The summed E-state index contributed by atoms with van der Waals surface area (Å²) in [4.78, 5) is 21.2. The first-order chi connectivity index (χ1) is 11.3. The fraction of sp³-hybridized carbons (Fsp3) is 0.294. The highest BCUT2D eigenvalue weighted by Gasteiger charge is 2.19. The number of hydrogen-bond acceptors (Lipinski definition) is 4. The molecule has 1 aromatic carbocycles. The molecule has 0 unspecified atom stereocenters. The summed E-state index contributed by atoms with van der Waals surface area (Å²) in [6, 6.07) is 6.26. The maximum Gasteiger partial charge on any atom is 0.252 e. The van der Waals surface area contributed by atoms with Gasteiger partial charge in [0.2, 0.25) is 0 Å². The van der Waals surface area contributed by atoms with Gasteiger partial charge < -0.3 is 15.6 Å². The molecule has 0 aliphatic carbocycles. The molecule has 6 heteroatoms. The molecular weight excluding hydrogens is 308 g/mol. The van der Waals surface area contributed by atoms with E-state index in [1.165, 1.54) is 0 Å². The van der Waals surface area contributed by atoms with Gasteiger partial charge in [-0.3, -0.25) is 9.78 Å². The predicted octanol–water partition coefficient (Wildman–Crippen LogP) is 2.77. The quantitative estimate of drug-likeness (QED) is 0.693. The zero-order valence-electron chi connectivity index (χ0n) is 12.6. The maximum atomic E-state index is 12.8. The largest absolute Gasteiger partial charge is 0.361 e. The molecule has 23 heavy (non-hydrogen) atoms. The number of nitrogens with one attached hydrogen (secondary N) is 3. The second-order valence-corrected chi connectivity index (χ2v) is 6.71. The lowest BCUT2D eigenvalue weighted by molar-refractivity contribution is 0.0931. The van der Waals surface area contributed by atoms with Gasteiger partial charge in [-0.25, -0.2) is 0 Å². The summed E-state index contributed by atoms with van der Waals surface area (Å²) in [5.74, 6) is 0.00728. The van der Waals surface area contributed by atoms with Crippen LogP contribution in [0.15, 0.2) is 36.1 Å². The average molecular weight is 326 g/mol. The van der Waals surface area contributed by atoms with E-state index in [-0.39, 0.29) is 11.9 Å². The second kappa shape index (κ2) is 6.14. The van der Waals surface area contributed by atoms with Crippen molar-refractivity contribution < 1.29 is 4.79 Å². The predicted molar refractivity (Wildman–Crippen MR) is 92.8 cm³/mol. The van der Waals surface area contributed by atoms with E-state index in [1.807, 2.05) is 30.0 Å². The molecule has 1 aliphatic rings. The number of carbonyl (C=O) groups excluding carboxylic acids is 1. The first-order valence-corrected chi connectivity index (χ1v) is 8.71. The fourth-order valence-corrected chi connectivity index (χ4v) is 3.70. The first kappa shape index (κ1) is 14.4. The minimum Gasteiger partial charge on any atom is -0.361 e. The van der Waals surface area contributed by atoms with Crippen molar-refractivity contribution in [2.75, 3.05) is 13.1 Å². The number of aromatic amines is 1. The van der Waals surface area contributed by atoms with Gasteiger partial charge in [0.1, 0.15) is 0 Å². The topological polar surface area (TPSA) is 69.8 Å². The number of H-pyrrole nitrogens is 1. The lowest BCUT2D eigenvalue weighted by Gasteiger charge is -2.24. The smallest absolute Gasteiger partial charge is 0.252 e. The zero-order chi connectivity index (χ0) is 15.6. The highest BCUT2D eigenvalue weighted by molar-refractivity contribution is 7.13. The van der Waals surface area contributed by atoms with Crippen LogP contribution in [0.2, 0.25) is 0 Å². The van der Waals surface area contributed by atoms with Crippen LogP contribution in [-0.2, 0) is 0 Å². The van der Waals surface area contributed by atoms with Crippen LogP contribution in [0.4, 0.5) is 0 Å². The van der Waals surface area contributed by atoms with Gasteiger partial charge in [-0.2, -0.15) is 0 Å². The third-order valence-electron chi connectivity index (χ3n) is 4.30. The van der Waals surface area contributed by atoms with Crippen molar-refractivity contribution in [3.05, 3.63) is 41.7 Å². The molecule has 1 amide bonds. The first-order valence-electron chi connectivity index (χ1n) is 7.83. The van der Waals surface area contributed by atoms with Crippen molar-refractivity contribution in [1.29, 1.82) is 0 Å². The van der Waals surface area contributed by atoms with Gasteiger partial charge in [-0.05, 0) is 49.7 Å². The number of carbonyl (C=O) groups is 1. The van der Waals surface area contributed by atoms with Crippen LogP contribution in [0, 0.1) is 0 Å². The van der Waals surface area contributed by atoms with Gasteiger partial charge in [0, 0.05) is 34.9 Å². The molecule has 1 aliphatic heterocycles. The molecule has 3 N–H and O–H groups in total. The second-order valence-electron chi connectivity index (χ2n) is 5.83. The van der Waals surface area contributed by atoms with Crippen LogP contribution < -0.4 is 10.6 Å². The number of hydrogen-bond donors (Lipinski definition) is 3. The van der Waals surface area contributed by atoms with Crippen molar-refractivity contribution in [2.45, 2.75) is 18.9 Å². The van der Waals surface area contributed by atoms with Gasteiger partial charge in [0.25, 0.3) is 5.91 Å². The molecule has 2 aromatic heterocycles. The minimum absolute atomic E-state index is 0.00728. The van der Waals surface area contributed by atoms with E-state index in [0.29, 0.717) is 0 Å². The molecule has 0 saturated carbocycles. The maximum absolute atomic E-state index is 12.8. The number of benzene rings is 1. The van der Waals surface area contributed by atoms with Crippen LogP contribution in [0.1, 0.15) is 23.2 Å². The summed E-state index contributed by atoms with van der Waals surface area (Å²) < 4.78 is 0. The molecule has 3 heterocycles. The summed E-state index contributed by atoms with van der Waals surface area (Å²) in [5.41, 5.74) is 4.54. The standard InChI is InChI=1S/C17H18N4OS/c22-17(21-12-1-4-18-5-2-12)14-7-11(16-9-19-10-23-16)8-15-13(14)3-6-20-15/h3,6-10,12,18,20H,1-2,4-5H2,(H,21,22). The van der Waals surface area contributed by atoms with Crippen molar-refractivity contribution >= 4 is 28.1 Å². The molecule has 0 atom stereocenters. The van der Waals surface area contributed by atoms with Crippen molar-refractivity contribution in [2.24, 2.45) is 0 Å². The number of aromatic nitrogens is 2. The molecular formula is C17H18N4OS. The summed E-state index contributed by atoms with van der Waals surface area (Å²) >= 11 is 1.58. The molecule has 0 bridgehead atoms. The number of rotatable bonds is 3. The molecule has 118 valence electrons. The zero-order valence-corrected chi connectivity index (χ0v) is 13.5. The Morgan fingerprint density at radius 1 is 1.30 bits per heavy atom. The summed E-state index contributed by atoms with van der Waals surface area (Å²) in [5, 5.41) is 7.47. The molecule has 0 spiro atoms. The Kier molecular flexibility index (Phi) is 3.85. The van der Waals surface area contributed by atoms with Crippen LogP contribution in [0.5, 0.6) is 0 Å².